The van der Waals surface area contributed by atoms with Crippen molar-refractivity contribution in [2.24, 2.45) is 0 Å². The Morgan fingerprint density at radius 2 is 1.14 bits per heavy atom. The summed E-state index contributed by atoms with van der Waals surface area (Å²) in [6, 6.07) is 12.4. The number of benzene rings is 2. The van der Waals surface area contributed by atoms with E-state index in [0.29, 0.717) is 11.1 Å². The van der Waals surface area contributed by atoms with E-state index in [1.165, 1.54) is 18.2 Å². The summed E-state index contributed by atoms with van der Waals surface area (Å²) in [6.45, 7) is 0. The van der Waals surface area contributed by atoms with Gasteiger partial charge in [-0.2, -0.15) is 0 Å². The number of phenolic OH excluding ortho intramolecular Hbond substituents is 2. The minimum Gasteiger partial charge on any atom is -0.508 e. The van der Waals surface area contributed by atoms with Crippen molar-refractivity contribution in [2.75, 3.05) is 0 Å². The van der Waals surface area contributed by atoms with Crippen molar-refractivity contribution in [3.05, 3.63) is 59.7 Å². The van der Waals surface area contributed by atoms with Gasteiger partial charge in [0, 0.05) is 6.07 Å². The largest absolute Gasteiger partial charge is 0.508 e. The van der Waals surface area contributed by atoms with E-state index in [1.54, 1.807) is 30.3 Å². The SMILES string of the molecule is O=C(O)Cc1cccc(CC(=O)O)c1.Oc1cccc(O)c1. The molecule has 0 spiro atoms. The molecule has 2 rings (SSSR count). The van der Waals surface area contributed by atoms with Crippen LogP contribution in [0.15, 0.2) is 48.5 Å². The monoisotopic (exact) mass is 304 g/mol. The Labute approximate surface area is 126 Å². The summed E-state index contributed by atoms with van der Waals surface area (Å²) in [5.41, 5.74) is 1.24. The second-order valence-corrected chi connectivity index (χ2v) is 4.48. The van der Waals surface area contributed by atoms with E-state index in [4.69, 9.17) is 20.4 Å². The third kappa shape index (κ3) is 6.95. The normalized spacial score (nSPS) is 9.45. The molecule has 22 heavy (non-hydrogen) atoms. The second-order valence-electron chi connectivity index (χ2n) is 4.48. The number of carboxylic acid groups (broad SMARTS) is 2. The third-order valence-electron chi connectivity index (χ3n) is 2.53. The topological polar surface area (TPSA) is 115 Å². The Bertz CT molecular complexity index is 602. The van der Waals surface area contributed by atoms with E-state index in [-0.39, 0.29) is 24.3 Å². The molecule has 0 saturated carbocycles. The Hall–Kier alpha value is -3.02. The first-order valence-corrected chi connectivity index (χ1v) is 6.36. The minimum atomic E-state index is -0.919. The lowest BCUT2D eigenvalue weighted by Gasteiger charge is -2.00. The fourth-order valence-electron chi connectivity index (χ4n) is 1.69. The molecule has 6 nitrogen and oxygen atoms in total. The van der Waals surface area contributed by atoms with Gasteiger partial charge < -0.3 is 20.4 Å². The first kappa shape index (κ1) is 17.0. The molecule has 0 bridgehead atoms. The zero-order valence-corrected chi connectivity index (χ0v) is 11.6. The van der Waals surface area contributed by atoms with Gasteiger partial charge in [0.25, 0.3) is 0 Å². The van der Waals surface area contributed by atoms with Gasteiger partial charge in [-0.05, 0) is 23.3 Å². The molecule has 0 saturated heterocycles. The average molecular weight is 304 g/mol. The number of phenols is 2. The van der Waals surface area contributed by atoms with Crippen LogP contribution in [0.25, 0.3) is 0 Å². The molecule has 0 amide bonds. The summed E-state index contributed by atoms with van der Waals surface area (Å²) in [7, 11) is 0. The third-order valence-corrected chi connectivity index (χ3v) is 2.53. The number of hydrogen-bond acceptors (Lipinski definition) is 4. The van der Waals surface area contributed by atoms with Crippen LogP contribution in [-0.2, 0) is 22.4 Å². The highest BCUT2D eigenvalue weighted by molar-refractivity contribution is 5.72. The van der Waals surface area contributed by atoms with E-state index in [2.05, 4.69) is 0 Å². The number of carbonyl (C=O) groups is 2. The standard InChI is InChI=1S/C10H10O4.C6H6O2/c11-9(12)5-7-2-1-3-8(4-7)6-10(13)14;7-5-2-1-3-6(8)4-5/h1-4H,5-6H2,(H,11,12)(H,13,14);1-4,7-8H. The van der Waals surface area contributed by atoms with Crippen LogP contribution in [0.2, 0.25) is 0 Å². The molecule has 0 fully saturated rings. The van der Waals surface area contributed by atoms with Crippen LogP contribution in [-0.4, -0.2) is 32.4 Å². The van der Waals surface area contributed by atoms with E-state index < -0.39 is 11.9 Å². The van der Waals surface area contributed by atoms with Crippen molar-refractivity contribution >= 4 is 11.9 Å². The zero-order chi connectivity index (χ0) is 16.5. The maximum atomic E-state index is 10.4. The average Bonchev–Trinajstić information content (AvgIpc) is 2.37. The molecule has 0 aromatic heterocycles. The Kier molecular flexibility index (Phi) is 6.43. The van der Waals surface area contributed by atoms with Crippen molar-refractivity contribution in [3.63, 3.8) is 0 Å². The Morgan fingerprint density at radius 3 is 1.45 bits per heavy atom. The van der Waals surface area contributed by atoms with E-state index in [1.807, 2.05) is 0 Å². The number of aliphatic carboxylic acids is 2. The van der Waals surface area contributed by atoms with Gasteiger partial charge in [0.1, 0.15) is 11.5 Å². The lowest BCUT2D eigenvalue weighted by atomic mass is 10.1. The van der Waals surface area contributed by atoms with E-state index in [9.17, 15) is 9.59 Å². The zero-order valence-electron chi connectivity index (χ0n) is 11.6. The summed E-state index contributed by atoms with van der Waals surface area (Å²) in [5, 5.41) is 34.4. The molecule has 2 aromatic rings. The van der Waals surface area contributed by atoms with Crippen molar-refractivity contribution in [2.45, 2.75) is 12.8 Å². The Balaban J connectivity index is 0.000000255. The predicted molar refractivity (Wildman–Crippen MR) is 78.9 cm³/mol. The number of rotatable bonds is 4. The van der Waals surface area contributed by atoms with Gasteiger partial charge in [0.2, 0.25) is 0 Å². The Morgan fingerprint density at radius 1 is 0.727 bits per heavy atom. The van der Waals surface area contributed by atoms with Crippen molar-refractivity contribution in [3.8, 4) is 11.5 Å². The highest BCUT2D eigenvalue weighted by Crippen LogP contribution is 2.14. The lowest BCUT2D eigenvalue weighted by Crippen LogP contribution is -2.03. The van der Waals surface area contributed by atoms with Gasteiger partial charge in [-0.25, -0.2) is 0 Å². The molecule has 4 N–H and O–H groups in total. The van der Waals surface area contributed by atoms with Gasteiger partial charge in [0.15, 0.2) is 0 Å². The van der Waals surface area contributed by atoms with Crippen molar-refractivity contribution < 1.29 is 30.0 Å². The molecule has 6 heteroatoms. The van der Waals surface area contributed by atoms with E-state index in [0.717, 1.165) is 0 Å². The quantitative estimate of drug-likeness (QED) is 0.687. The summed E-state index contributed by atoms with van der Waals surface area (Å²) in [4.78, 5) is 20.8. The maximum Gasteiger partial charge on any atom is 0.307 e. The van der Waals surface area contributed by atoms with Crippen LogP contribution < -0.4 is 0 Å². The van der Waals surface area contributed by atoms with Crippen LogP contribution in [0.3, 0.4) is 0 Å². The smallest absolute Gasteiger partial charge is 0.307 e. The highest BCUT2D eigenvalue weighted by atomic mass is 16.4. The number of carboxylic acids is 2. The molecule has 0 aliphatic heterocycles. The number of hydrogen-bond donors (Lipinski definition) is 4. The lowest BCUT2D eigenvalue weighted by molar-refractivity contribution is -0.137. The fourth-order valence-corrected chi connectivity index (χ4v) is 1.69. The van der Waals surface area contributed by atoms with Crippen molar-refractivity contribution in [1.29, 1.82) is 0 Å². The van der Waals surface area contributed by atoms with Gasteiger partial charge >= 0.3 is 11.9 Å². The molecule has 0 heterocycles. The molecule has 0 atom stereocenters. The second kappa shape index (κ2) is 8.31. The number of aromatic hydroxyl groups is 2. The maximum absolute atomic E-state index is 10.4. The van der Waals surface area contributed by atoms with E-state index >= 15 is 0 Å². The molecular formula is C16H16O6. The van der Waals surface area contributed by atoms with Gasteiger partial charge in [-0.3, -0.25) is 9.59 Å². The molecule has 0 radical (unpaired) electrons. The molecule has 0 aliphatic carbocycles. The highest BCUT2D eigenvalue weighted by Gasteiger charge is 2.03. The predicted octanol–water partition coefficient (Wildman–Crippen LogP) is 2.04. The summed E-state index contributed by atoms with van der Waals surface area (Å²) >= 11 is 0. The molecular weight excluding hydrogens is 288 g/mol. The molecule has 2 aromatic carbocycles. The van der Waals surface area contributed by atoms with Crippen LogP contribution in [0.5, 0.6) is 11.5 Å². The van der Waals surface area contributed by atoms with Gasteiger partial charge in [0.05, 0.1) is 12.8 Å². The van der Waals surface area contributed by atoms with Crippen molar-refractivity contribution in [1.82, 2.24) is 0 Å². The van der Waals surface area contributed by atoms with Gasteiger partial charge in [-0.1, -0.05) is 30.3 Å². The summed E-state index contributed by atoms with van der Waals surface area (Å²) in [5.74, 6) is -1.66. The molecule has 0 aliphatic rings. The summed E-state index contributed by atoms with van der Waals surface area (Å²) < 4.78 is 0. The van der Waals surface area contributed by atoms with Crippen LogP contribution >= 0.6 is 0 Å². The first-order valence-electron chi connectivity index (χ1n) is 6.36. The minimum absolute atomic E-state index is 0.0759. The van der Waals surface area contributed by atoms with Crippen LogP contribution in [0, 0.1) is 0 Å². The molecule has 0 unspecified atom stereocenters. The molecule has 116 valence electrons. The summed E-state index contributed by atoms with van der Waals surface area (Å²) in [6.07, 6.45) is -0.152. The van der Waals surface area contributed by atoms with Gasteiger partial charge in [-0.15, -0.1) is 0 Å². The first-order chi connectivity index (χ1) is 10.4. The van der Waals surface area contributed by atoms with Crippen LogP contribution in [0.1, 0.15) is 11.1 Å². The fraction of sp³-hybridized carbons (Fsp3) is 0.125. The van der Waals surface area contributed by atoms with Crippen LogP contribution in [0.4, 0.5) is 0 Å².